The lowest BCUT2D eigenvalue weighted by atomic mass is 10.2. The lowest BCUT2D eigenvalue weighted by Crippen LogP contribution is -1.84. The number of aromatic nitrogens is 1. The minimum absolute atomic E-state index is 0.0775. The molecule has 0 aliphatic carbocycles. The minimum Gasteiger partial charge on any atom is -0.508 e. The molecule has 1 heterocycles. The monoisotopic (exact) mass is 267 g/mol. The minimum atomic E-state index is 0.0775. The number of phenolic OH excluding ortho intramolecular Hbond substituents is 1. The van der Waals surface area contributed by atoms with E-state index in [-0.39, 0.29) is 11.6 Å². The van der Waals surface area contributed by atoms with Crippen molar-refractivity contribution < 1.29 is 10.2 Å². The summed E-state index contributed by atoms with van der Waals surface area (Å²) in [5, 5.41) is 28.4. The molecule has 0 bridgehead atoms. The van der Waals surface area contributed by atoms with Crippen LogP contribution in [0.25, 0.3) is 10.9 Å². The zero-order valence-electron chi connectivity index (χ0n) is 10.9. The Bertz CT molecular complexity index is 789. The van der Waals surface area contributed by atoms with Crippen molar-refractivity contribution in [3.63, 3.8) is 0 Å². The number of nitrogens with zero attached hydrogens (tertiary/aromatic N) is 3. The van der Waals surface area contributed by atoms with Gasteiger partial charge in [-0.3, -0.25) is 0 Å². The molecule has 20 heavy (non-hydrogen) atoms. The lowest BCUT2D eigenvalue weighted by molar-refractivity contribution is 0.436. The van der Waals surface area contributed by atoms with E-state index in [4.69, 9.17) is 0 Å². The van der Waals surface area contributed by atoms with E-state index >= 15 is 0 Å². The summed E-state index contributed by atoms with van der Waals surface area (Å²) in [6.45, 7) is 0. The Kier molecular flexibility index (Phi) is 2.87. The predicted molar refractivity (Wildman–Crippen MR) is 76.9 cm³/mol. The number of rotatable bonds is 2. The molecule has 3 rings (SSSR count). The third-order valence-corrected chi connectivity index (χ3v) is 3.17. The van der Waals surface area contributed by atoms with Crippen LogP contribution in [0.1, 0.15) is 0 Å². The van der Waals surface area contributed by atoms with Crippen molar-refractivity contribution in [3.05, 3.63) is 48.5 Å². The number of aromatic hydroxyl groups is 2. The summed E-state index contributed by atoms with van der Waals surface area (Å²) in [7, 11) is 1.78. The molecular weight excluding hydrogens is 254 g/mol. The van der Waals surface area contributed by atoms with Gasteiger partial charge in [0.1, 0.15) is 5.75 Å². The molecular formula is C15H13N3O2. The molecule has 5 heteroatoms. The van der Waals surface area contributed by atoms with Gasteiger partial charge in [0.25, 0.3) is 0 Å². The predicted octanol–water partition coefficient (Wildman–Crippen LogP) is 4.00. The molecule has 0 saturated heterocycles. The van der Waals surface area contributed by atoms with Gasteiger partial charge in [-0.1, -0.05) is 18.2 Å². The molecule has 0 atom stereocenters. The molecule has 2 aromatic carbocycles. The average Bonchev–Trinajstić information content (AvgIpc) is 2.71. The van der Waals surface area contributed by atoms with E-state index in [2.05, 4.69) is 10.2 Å². The van der Waals surface area contributed by atoms with Crippen molar-refractivity contribution in [3.8, 4) is 11.6 Å². The lowest BCUT2D eigenvalue weighted by Gasteiger charge is -1.95. The number of para-hydroxylation sites is 1. The highest BCUT2D eigenvalue weighted by atomic mass is 16.3. The molecule has 0 saturated carbocycles. The first-order valence-electron chi connectivity index (χ1n) is 6.14. The van der Waals surface area contributed by atoms with Crippen LogP contribution in [0.5, 0.6) is 11.6 Å². The fourth-order valence-corrected chi connectivity index (χ4v) is 2.09. The zero-order valence-corrected chi connectivity index (χ0v) is 10.9. The zero-order chi connectivity index (χ0) is 14.1. The fourth-order valence-electron chi connectivity index (χ4n) is 2.09. The molecule has 0 unspecified atom stereocenters. The molecule has 0 fully saturated rings. The highest BCUT2D eigenvalue weighted by molar-refractivity contribution is 5.94. The van der Waals surface area contributed by atoms with Gasteiger partial charge in [0, 0.05) is 12.4 Å². The van der Waals surface area contributed by atoms with Crippen LogP contribution in [-0.4, -0.2) is 14.8 Å². The molecule has 0 amide bonds. The Hall–Kier alpha value is -2.82. The van der Waals surface area contributed by atoms with Crippen LogP contribution in [0.3, 0.4) is 0 Å². The van der Waals surface area contributed by atoms with Crippen molar-refractivity contribution in [1.82, 2.24) is 4.57 Å². The second-order valence-corrected chi connectivity index (χ2v) is 4.46. The number of fused-ring (bicyclic) bond motifs is 1. The van der Waals surface area contributed by atoms with Crippen LogP contribution in [-0.2, 0) is 7.05 Å². The highest BCUT2D eigenvalue weighted by Crippen LogP contribution is 2.38. The van der Waals surface area contributed by atoms with Gasteiger partial charge < -0.3 is 14.8 Å². The Balaban J connectivity index is 2.06. The summed E-state index contributed by atoms with van der Waals surface area (Å²) in [5.41, 5.74) is 1.94. The molecule has 1 aromatic heterocycles. The third-order valence-electron chi connectivity index (χ3n) is 3.17. The van der Waals surface area contributed by atoms with Gasteiger partial charge in [0.15, 0.2) is 5.69 Å². The van der Waals surface area contributed by atoms with Crippen LogP contribution < -0.4 is 0 Å². The first-order valence-corrected chi connectivity index (χ1v) is 6.14. The molecule has 0 aliphatic heterocycles. The van der Waals surface area contributed by atoms with E-state index in [1.165, 1.54) is 12.1 Å². The Labute approximate surface area is 115 Å². The summed E-state index contributed by atoms with van der Waals surface area (Å²) < 4.78 is 1.67. The number of aryl methyl sites for hydroxylation is 1. The largest absolute Gasteiger partial charge is 0.508 e. The molecule has 0 spiro atoms. The summed E-state index contributed by atoms with van der Waals surface area (Å²) in [6, 6.07) is 14.0. The first kappa shape index (κ1) is 12.2. The first-order chi connectivity index (χ1) is 9.66. The van der Waals surface area contributed by atoms with Crippen molar-refractivity contribution >= 4 is 22.3 Å². The topological polar surface area (TPSA) is 70.1 Å². The van der Waals surface area contributed by atoms with E-state index in [0.29, 0.717) is 11.4 Å². The van der Waals surface area contributed by atoms with E-state index < -0.39 is 0 Å². The standard InChI is InChI=1S/C15H13N3O2/c1-18-13-5-3-2-4-12(13)14(15(18)20)17-16-10-6-8-11(19)9-7-10/h2-9,19-20H,1H3. The summed E-state index contributed by atoms with van der Waals surface area (Å²) in [6.07, 6.45) is 0. The number of hydrogen-bond acceptors (Lipinski definition) is 4. The SMILES string of the molecule is Cn1c(O)c(N=Nc2ccc(O)cc2)c2ccccc21. The van der Waals surface area contributed by atoms with Crippen LogP contribution in [0.4, 0.5) is 11.4 Å². The van der Waals surface area contributed by atoms with Gasteiger partial charge in [0.2, 0.25) is 5.88 Å². The van der Waals surface area contributed by atoms with Crippen molar-refractivity contribution in [2.45, 2.75) is 0 Å². The quantitative estimate of drug-likeness (QED) is 0.689. The number of azo groups is 1. The molecule has 5 nitrogen and oxygen atoms in total. The Morgan fingerprint density at radius 1 is 0.900 bits per heavy atom. The second kappa shape index (κ2) is 4.70. The Morgan fingerprint density at radius 2 is 1.60 bits per heavy atom. The van der Waals surface area contributed by atoms with Crippen molar-refractivity contribution in [2.75, 3.05) is 0 Å². The summed E-state index contributed by atoms with van der Waals surface area (Å²) in [4.78, 5) is 0. The van der Waals surface area contributed by atoms with Crippen molar-refractivity contribution in [1.29, 1.82) is 0 Å². The smallest absolute Gasteiger partial charge is 0.220 e. The van der Waals surface area contributed by atoms with E-state index in [1.54, 1.807) is 23.7 Å². The summed E-state index contributed by atoms with van der Waals surface area (Å²) in [5.74, 6) is 0.255. The highest BCUT2D eigenvalue weighted by Gasteiger charge is 2.13. The number of phenols is 1. The second-order valence-electron chi connectivity index (χ2n) is 4.46. The third kappa shape index (κ3) is 1.99. The van der Waals surface area contributed by atoms with Gasteiger partial charge in [-0.05, 0) is 30.3 Å². The molecule has 2 N–H and O–H groups in total. The van der Waals surface area contributed by atoms with E-state index in [1.807, 2.05) is 24.3 Å². The molecule has 100 valence electrons. The number of hydrogen-bond donors (Lipinski definition) is 2. The van der Waals surface area contributed by atoms with Gasteiger partial charge in [-0.25, -0.2) is 0 Å². The molecule has 3 aromatic rings. The average molecular weight is 267 g/mol. The van der Waals surface area contributed by atoms with Gasteiger partial charge in [-0.15, -0.1) is 5.11 Å². The van der Waals surface area contributed by atoms with Crippen LogP contribution in [0.15, 0.2) is 58.8 Å². The van der Waals surface area contributed by atoms with Gasteiger partial charge in [-0.2, -0.15) is 5.11 Å². The molecule has 0 aliphatic rings. The van der Waals surface area contributed by atoms with Crippen LogP contribution in [0.2, 0.25) is 0 Å². The van der Waals surface area contributed by atoms with E-state index in [9.17, 15) is 10.2 Å². The Morgan fingerprint density at radius 3 is 2.35 bits per heavy atom. The van der Waals surface area contributed by atoms with Crippen molar-refractivity contribution in [2.24, 2.45) is 17.3 Å². The van der Waals surface area contributed by atoms with Crippen LogP contribution in [0, 0.1) is 0 Å². The maximum absolute atomic E-state index is 10.1. The van der Waals surface area contributed by atoms with Crippen LogP contribution >= 0.6 is 0 Å². The maximum atomic E-state index is 10.1. The molecule has 0 radical (unpaired) electrons. The van der Waals surface area contributed by atoms with Gasteiger partial charge in [0.05, 0.1) is 11.2 Å². The normalized spacial score (nSPS) is 11.4. The summed E-state index contributed by atoms with van der Waals surface area (Å²) >= 11 is 0. The number of benzene rings is 2. The van der Waals surface area contributed by atoms with E-state index in [0.717, 1.165) is 10.9 Å². The van der Waals surface area contributed by atoms with Gasteiger partial charge >= 0.3 is 0 Å². The maximum Gasteiger partial charge on any atom is 0.220 e. The fraction of sp³-hybridized carbons (Fsp3) is 0.0667.